The summed E-state index contributed by atoms with van der Waals surface area (Å²) in [5.74, 6) is 1.59. The van der Waals surface area contributed by atoms with E-state index in [1.54, 1.807) is 10.9 Å². The van der Waals surface area contributed by atoms with Crippen molar-refractivity contribution in [1.82, 2.24) is 24.6 Å². The Morgan fingerprint density at radius 1 is 1.19 bits per heavy atom. The summed E-state index contributed by atoms with van der Waals surface area (Å²) in [5, 5.41) is 4.21. The Bertz CT molecular complexity index is 724. The largest absolute Gasteiger partial charge is 0.361 e. The number of aromatic nitrogens is 4. The van der Waals surface area contributed by atoms with E-state index >= 15 is 0 Å². The van der Waals surface area contributed by atoms with Crippen LogP contribution in [0.2, 0.25) is 0 Å². The standard InChI is InChI=1S/C19H28N6O/c1-15-10-22-25(13-15)14-19(26)24-7-4-5-16(6-8-24)9-17-11-21-18(12-20-17)23(2)3/h10-13,16H,4-9,14H2,1-3H3. The molecule has 2 aromatic rings. The first-order chi connectivity index (χ1) is 12.5. The number of rotatable bonds is 5. The van der Waals surface area contributed by atoms with Gasteiger partial charge in [0.15, 0.2) is 0 Å². The van der Waals surface area contributed by atoms with Crippen LogP contribution >= 0.6 is 0 Å². The molecule has 1 aliphatic heterocycles. The van der Waals surface area contributed by atoms with Crippen molar-refractivity contribution in [3.05, 3.63) is 36.0 Å². The average molecular weight is 356 g/mol. The predicted octanol–water partition coefficient (Wildman–Crippen LogP) is 1.92. The Morgan fingerprint density at radius 2 is 2.04 bits per heavy atom. The maximum Gasteiger partial charge on any atom is 0.244 e. The number of carbonyl (C=O) groups is 1. The zero-order chi connectivity index (χ0) is 18.5. The van der Waals surface area contributed by atoms with Crippen LogP contribution in [-0.2, 0) is 17.8 Å². The number of carbonyl (C=O) groups excluding carboxylic acids is 1. The van der Waals surface area contributed by atoms with Gasteiger partial charge >= 0.3 is 0 Å². The smallest absolute Gasteiger partial charge is 0.244 e. The van der Waals surface area contributed by atoms with E-state index in [2.05, 4.69) is 15.1 Å². The summed E-state index contributed by atoms with van der Waals surface area (Å²) in [5.41, 5.74) is 2.11. The second-order valence-electron chi connectivity index (χ2n) is 7.36. The maximum atomic E-state index is 12.5. The van der Waals surface area contributed by atoms with E-state index in [0.29, 0.717) is 12.5 Å². The molecule has 1 unspecified atom stereocenters. The highest BCUT2D eigenvalue weighted by Gasteiger charge is 2.21. The lowest BCUT2D eigenvalue weighted by atomic mass is 9.95. The lowest BCUT2D eigenvalue weighted by Gasteiger charge is -2.20. The van der Waals surface area contributed by atoms with Gasteiger partial charge in [-0.2, -0.15) is 5.10 Å². The van der Waals surface area contributed by atoms with Gasteiger partial charge in [-0.15, -0.1) is 0 Å². The molecule has 0 aliphatic carbocycles. The van der Waals surface area contributed by atoms with E-state index in [-0.39, 0.29) is 5.91 Å². The van der Waals surface area contributed by atoms with Crippen LogP contribution < -0.4 is 4.90 Å². The van der Waals surface area contributed by atoms with Gasteiger partial charge in [-0.25, -0.2) is 4.98 Å². The summed E-state index contributed by atoms with van der Waals surface area (Å²) in [7, 11) is 3.93. The van der Waals surface area contributed by atoms with Gasteiger partial charge in [0, 0.05) is 33.4 Å². The molecule has 1 aliphatic rings. The molecule has 0 bridgehead atoms. The molecule has 140 valence electrons. The van der Waals surface area contributed by atoms with Gasteiger partial charge < -0.3 is 9.80 Å². The molecule has 0 N–H and O–H groups in total. The SMILES string of the molecule is Cc1cnn(CC(=O)N2CCCC(Cc3cnc(N(C)C)cn3)CC2)c1. The molecule has 0 aromatic carbocycles. The highest BCUT2D eigenvalue weighted by molar-refractivity contribution is 5.75. The Kier molecular flexibility index (Phi) is 5.85. The molecular formula is C19H28N6O. The Labute approximate surface area is 155 Å². The summed E-state index contributed by atoms with van der Waals surface area (Å²) in [6.45, 7) is 3.96. The van der Waals surface area contributed by atoms with Crippen LogP contribution in [0.25, 0.3) is 0 Å². The zero-order valence-electron chi connectivity index (χ0n) is 15.9. The van der Waals surface area contributed by atoms with E-state index in [1.807, 2.05) is 49.4 Å². The lowest BCUT2D eigenvalue weighted by Crippen LogP contribution is -2.34. The fourth-order valence-corrected chi connectivity index (χ4v) is 3.39. The van der Waals surface area contributed by atoms with Crippen LogP contribution in [0, 0.1) is 12.8 Å². The average Bonchev–Trinajstić information content (AvgIpc) is 2.88. The maximum absolute atomic E-state index is 12.5. The van der Waals surface area contributed by atoms with Crippen LogP contribution in [0.4, 0.5) is 5.82 Å². The lowest BCUT2D eigenvalue weighted by molar-refractivity contribution is -0.132. The Balaban J connectivity index is 1.52. The molecule has 2 aromatic heterocycles. The van der Waals surface area contributed by atoms with E-state index in [4.69, 9.17) is 0 Å². The minimum atomic E-state index is 0.156. The molecular weight excluding hydrogens is 328 g/mol. The molecule has 1 atom stereocenters. The van der Waals surface area contributed by atoms with Crippen LogP contribution in [0.15, 0.2) is 24.8 Å². The van der Waals surface area contributed by atoms with Crippen molar-refractivity contribution in [3.8, 4) is 0 Å². The minimum absolute atomic E-state index is 0.156. The van der Waals surface area contributed by atoms with Crippen molar-refractivity contribution in [3.63, 3.8) is 0 Å². The number of hydrogen-bond donors (Lipinski definition) is 0. The summed E-state index contributed by atoms with van der Waals surface area (Å²) in [6, 6.07) is 0. The molecule has 1 saturated heterocycles. The number of anilines is 1. The second-order valence-corrected chi connectivity index (χ2v) is 7.36. The molecule has 1 amide bonds. The van der Waals surface area contributed by atoms with Crippen molar-refractivity contribution < 1.29 is 4.79 Å². The van der Waals surface area contributed by atoms with Gasteiger partial charge in [0.05, 0.1) is 24.3 Å². The van der Waals surface area contributed by atoms with Gasteiger partial charge in [0.25, 0.3) is 0 Å². The fourth-order valence-electron chi connectivity index (χ4n) is 3.39. The third-order valence-electron chi connectivity index (χ3n) is 4.91. The monoisotopic (exact) mass is 356 g/mol. The molecule has 1 fully saturated rings. The number of hydrogen-bond acceptors (Lipinski definition) is 5. The second kappa shape index (κ2) is 8.29. The third-order valence-corrected chi connectivity index (χ3v) is 4.91. The predicted molar refractivity (Wildman–Crippen MR) is 101 cm³/mol. The first-order valence-corrected chi connectivity index (χ1v) is 9.26. The van der Waals surface area contributed by atoms with E-state index < -0.39 is 0 Å². The van der Waals surface area contributed by atoms with E-state index in [1.165, 1.54) is 0 Å². The van der Waals surface area contributed by atoms with Crippen LogP contribution in [0.5, 0.6) is 0 Å². The first-order valence-electron chi connectivity index (χ1n) is 9.26. The molecule has 7 heteroatoms. The van der Waals surface area contributed by atoms with Crippen LogP contribution in [0.1, 0.15) is 30.5 Å². The number of nitrogens with zero attached hydrogens (tertiary/aromatic N) is 6. The van der Waals surface area contributed by atoms with Gasteiger partial charge in [0.1, 0.15) is 12.4 Å². The van der Waals surface area contributed by atoms with Gasteiger partial charge in [-0.3, -0.25) is 14.5 Å². The van der Waals surface area contributed by atoms with Crippen LogP contribution in [0.3, 0.4) is 0 Å². The minimum Gasteiger partial charge on any atom is -0.361 e. The van der Waals surface area contributed by atoms with Crippen molar-refractivity contribution in [2.45, 2.75) is 39.2 Å². The van der Waals surface area contributed by atoms with Crippen molar-refractivity contribution in [2.24, 2.45) is 5.92 Å². The number of aryl methyl sites for hydroxylation is 1. The molecule has 7 nitrogen and oxygen atoms in total. The van der Waals surface area contributed by atoms with E-state index in [9.17, 15) is 4.79 Å². The van der Waals surface area contributed by atoms with Gasteiger partial charge in [-0.05, 0) is 44.1 Å². The Hall–Kier alpha value is -2.44. The van der Waals surface area contributed by atoms with Crippen molar-refractivity contribution in [2.75, 3.05) is 32.1 Å². The summed E-state index contributed by atoms with van der Waals surface area (Å²) >= 11 is 0. The molecule has 3 rings (SSSR count). The highest BCUT2D eigenvalue weighted by Crippen LogP contribution is 2.21. The molecule has 0 saturated carbocycles. The molecule has 26 heavy (non-hydrogen) atoms. The van der Waals surface area contributed by atoms with Gasteiger partial charge in [0.2, 0.25) is 5.91 Å². The van der Waals surface area contributed by atoms with Crippen molar-refractivity contribution >= 4 is 11.7 Å². The summed E-state index contributed by atoms with van der Waals surface area (Å²) in [6.07, 6.45) is 11.5. The number of likely N-dealkylation sites (tertiary alicyclic amines) is 1. The topological polar surface area (TPSA) is 67.2 Å². The van der Waals surface area contributed by atoms with Gasteiger partial charge in [-0.1, -0.05) is 0 Å². The molecule has 0 spiro atoms. The highest BCUT2D eigenvalue weighted by atomic mass is 16.2. The normalized spacial score (nSPS) is 17.8. The first kappa shape index (κ1) is 18.4. The Morgan fingerprint density at radius 3 is 2.69 bits per heavy atom. The number of amides is 1. The third kappa shape index (κ3) is 4.80. The van der Waals surface area contributed by atoms with Crippen LogP contribution in [-0.4, -0.2) is 57.7 Å². The molecule has 3 heterocycles. The fraction of sp³-hybridized carbons (Fsp3) is 0.579. The molecule has 0 radical (unpaired) electrons. The zero-order valence-corrected chi connectivity index (χ0v) is 15.9. The summed E-state index contributed by atoms with van der Waals surface area (Å²) < 4.78 is 1.72. The summed E-state index contributed by atoms with van der Waals surface area (Å²) in [4.78, 5) is 25.5. The van der Waals surface area contributed by atoms with Crippen molar-refractivity contribution in [1.29, 1.82) is 0 Å². The van der Waals surface area contributed by atoms with E-state index in [0.717, 1.165) is 55.8 Å². The quantitative estimate of drug-likeness (QED) is 0.819.